The van der Waals surface area contributed by atoms with Crippen LogP contribution in [-0.2, 0) is 11.2 Å². The van der Waals surface area contributed by atoms with E-state index in [1.54, 1.807) is 0 Å². The predicted molar refractivity (Wildman–Crippen MR) is 88.7 cm³/mol. The van der Waals surface area contributed by atoms with E-state index in [1.807, 2.05) is 61.5 Å². The number of anilines is 1. The molecule has 116 valence electrons. The van der Waals surface area contributed by atoms with Gasteiger partial charge in [-0.05, 0) is 37.1 Å². The van der Waals surface area contributed by atoms with Crippen molar-refractivity contribution in [3.8, 4) is 5.75 Å². The lowest BCUT2D eigenvalue weighted by Crippen LogP contribution is -2.33. The van der Waals surface area contributed by atoms with E-state index in [1.165, 1.54) is 0 Å². The molecule has 2 aromatic carbocycles. The van der Waals surface area contributed by atoms with Crippen LogP contribution in [0.3, 0.4) is 0 Å². The molecule has 4 nitrogen and oxygen atoms in total. The van der Waals surface area contributed by atoms with Crippen molar-refractivity contribution in [2.24, 2.45) is 0 Å². The Morgan fingerprint density at radius 3 is 2.55 bits per heavy atom. The third-order valence-electron chi connectivity index (χ3n) is 3.34. The normalized spacial score (nSPS) is 11.7. The molecule has 0 aromatic heterocycles. The highest BCUT2D eigenvalue weighted by atomic mass is 16.5. The van der Waals surface area contributed by atoms with Crippen molar-refractivity contribution in [2.75, 3.05) is 12.3 Å². The van der Waals surface area contributed by atoms with E-state index in [2.05, 4.69) is 5.32 Å². The van der Waals surface area contributed by atoms with Gasteiger partial charge in [-0.25, -0.2) is 0 Å². The molecule has 2 rings (SSSR count). The lowest BCUT2D eigenvalue weighted by molar-refractivity contribution is -0.121. The monoisotopic (exact) mass is 298 g/mol. The van der Waals surface area contributed by atoms with Crippen LogP contribution in [0.25, 0.3) is 0 Å². The summed E-state index contributed by atoms with van der Waals surface area (Å²) in [5.41, 5.74) is 7.60. The fourth-order valence-corrected chi connectivity index (χ4v) is 2.13. The van der Waals surface area contributed by atoms with Crippen LogP contribution in [0.15, 0.2) is 54.6 Å². The van der Waals surface area contributed by atoms with Crippen LogP contribution in [0.5, 0.6) is 5.75 Å². The first-order valence-corrected chi connectivity index (χ1v) is 7.47. The zero-order valence-electron chi connectivity index (χ0n) is 12.8. The summed E-state index contributed by atoms with van der Waals surface area (Å²) in [7, 11) is 0. The van der Waals surface area contributed by atoms with Crippen molar-refractivity contribution >= 4 is 11.6 Å². The highest BCUT2D eigenvalue weighted by Crippen LogP contribution is 2.13. The molecule has 0 aliphatic carbocycles. The molecule has 0 heterocycles. The first-order chi connectivity index (χ1) is 10.6. The Morgan fingerprint density at radius 2 is 1.82 bits per heavy atom. The SMILES string of the molecule is CC(CNC(=O)CCc1ccccc1N)Oc1ccccc1. The molecule has 3 N–H and O–H groups in total. The highest BCUT2D eigenvalue weighted by molar-refractivity contribution is 5.76. The van der Waals surface area contributed by atoms with Gasteiger partial charge >= 0.3 is 0 Å². The van der Waals surface area contributed by atoms with Crippen molar-refractivity contribution in [1.82, 2.24) is 5.32 Å². The molecule has 0 spiro atoms. The molecule has 0 bridgehead atoms. The molecule has 4 heteroatoms. The van der Waals surface area contributed by atoms with Gasteiger partial charge in [0.25, 0.3) is 0 Å². The average molecular weight is 298 g/mol. The van der Waals surface area contributed by atoms with Crippen molar-refractivity contribution in [3.63, 3.8) is 0 Å². The van der Waals surface area contributed by atoms with Gasteiger partial charge < -0.3 is 15.8 Å². The van der Waals surface area contributed by atoms with E-state index < -0.39 is 0 Å². The number of rotatable bonds is 7. The first kappa shape index (κ1) is 15.9. The van der Waals surface area contributed by atoms with Gasteiger partial charge in [-0.2, -0.15) is 0 Å². The Balaban J connectivity index is 1.70. The summed E-state index contributed by atoms with van der Waals surface area (Å²) < 4.78 is 5.71. The minimum absolute atomic E-state index is 0.00626. The molecule has 0 saturated heterocycles. The third-order valence-corrected chi connectivity index (χ3v) is 3.34. The smallest absolute Gasteiger partial charge is 0.220 e. The number of carbonyl (C=O) groups excluding carboxylic acids is 1. The average Bonchev–Trinajstić information content (AvgIpc) is 2.53. The maximum atomic E-state index is 11.9. The van der Waals surface area contributed by atoms with E-state index in [9.17, 15) is 4.79 Å². The van der Waals surface area contributed by atoms with Crippen LogP contribution in [0.2, 0.25) is 0 Å². The van der Waals surface area contributed by atoms with Crippen molar-refractivity contribution in [2.45, 2.75) is 25.9 Å². The molecule has 2 aromatic rings. The minimum atomic E-state index is -0.0758. The standard InChI is InChI=1S/C18H22N2O2/c1-14(22-16-8-3-2-4-9-16)13-20-18(21)12-11-15-7-5-6-10-17(15)19/h2-10,14H,11-13,19H2,1H3,(H,20,21). The van der Waals surface area contributed by atoms with Gasteiger partial charge in [0.15, 0.2) is 0 Å². The summed E-state index contributed by atoms with van der Waals surface area (Å²) in [4.78, 5) is 11.9. The number of aryl methyl sites for hydroxylation is 1. The zero-order chi connectivity index (χ0) is 15.8. The highest BCUT2D eigenvalue weighted by Gasteiger charge is 2.08. The van der Waals surface area contributed by atoms with E-state index >= 15 is 0 Å². The van der Waals surface area contributed by atoms with Gasteiger partial charge in [-0.3, -0.25) is 4.79 Å². The van der Waals surface area contributed by atoms with Crippen LogP contribution in [0.4, 0.5) is 5.69 Å². The summed E-state index contributed by atoms with van der Waals surface area (Å²) in [5, 5.41) is 2.89. The second kappa shape index (κ2) is 8.08. The number of nitrogen functional groups attached to an aromatic ring is 1. The number of nitrogens with one attached hydrogen (secondary N) is 1. The Bertz CT molecular complexity index is 599. The Labute approximate surface area is 131 Å². The fraction of sp³-hybridized carbons (Fsp3) is 0.278. The minimum Gasteiger partial charge on any atom is -0.489 e. The van der Waals surface area contributed by atoms with Gasteiger partial charge in [-0.1, -0.05) is 36.4 Å². The van der Waals surface area contributed by atoms with Crippen LogP contribution >= 0.6 is 0 Å². The molecule has 22 heavy (non-hydrogen) atoms. The third kappa shape index (κ3) is 5.13. The number of hydrogen-bond donors (Lipinski definition) is 2. The van der Waals surface area contributed by atoms with E-state index in [4.69, 9.17) is 10.5 Å². The van der Waals surface area contributed by atoms with E-state index in [0.717, 1.165) is 17.0 Å². The molecular formula is C18H22N2O2. The number of nitrogens with two attached hydrogens (primary N) is 1. The maximum Gasteiger partial charge on any atom is 0.220 e. The van der Waals surface area contributed by atoms with Crippen LogP contribution < -0.4 is 15.8 Å². The van der Waals surface area contributed by atoms with Gasteiger partial charge in [0.2, 0.25) is 5.91 Å². The number of carbonyl (C=O) groups is 1. The molecule has 0 aliphatic heterocycles. The lowest BCUT2D eigenvalue weighted by atomic mass is 10.1. The number of amides is 1. The summed E-state index contributed by atoms with van der Waals surface area (Å²) in [6, 6.07) is 17.2. The Hall–Kier alpha value is -2.49. The van der Waals surface area contributed by atoms with Gasteiger partial charge in [-0.15, -0.1) is 0 Å². The molecule has 0 radical (unpaired) electrons. The molecule has 0 aliphatic rings. The zero-order valence-corrected chi connectivity index (χ0v) is 12.8. The summed E-state index contributed by atoms with van der Waals surface area (Å²) in [6.07, 6.45) is 0.992. The fourth-order valence-electron chi connectivity index (χ4n) is 2.13. The van der Waals surface area contributed by atoms with Gasteiger partial charge in [0, 0.05) is 12.1 Å². The number of benzene rings is 2. The molecule has 0 saturated carbocycles. The van der Waals surface area contributed by atoms with Gasteiger partial charge in [0.05, 0.1) is 6.54 Å². The number of ether oxygens (including phenoxy) is 1. The molecule has 1 atom stereocenters. The predicted octanol–water partition coefficient (Wildman–Crippen LogP) is 2.79. The van der Waals surface area contributed by atoms with Crippen molar-refractivity contribution < 1.29 is 9.53 Å². The van der Waals surface area contributed by atoms with E-state index in [0.29, 0.717) is 19.4 Å². The Kier molecular flexibility index (Phi) is 5.83. The molecule has 0 fully saturated rings. The number of hydrogen-bond acceptors (Lipinski definition) is 3. The van der Waals surface area contributed by atoms with Crippen LogP contribution in [0, 0.1) is 0 Å². The number of para-hydroxylation sites is 2. The van der Waals surface area contributed by atoms with Crippen molar-refractivity contribution in [1.29, 1.82) is 0 Å². The van der Waals surface area contributed by atoms with Crippen molar-refractivity contribution in [3.05, 3.63) is 60.2 Å². The largest absolute Gasteiger partial charge is 0.489 e. The summed E-state index contributed by atoms with van der Waals surface area (Å²) in [5.74, 6) is 0.813. The molecule has 1 unspecified atom stereocenters. The lowest BCUT2D eigenvalue weighted by Gasteiger charge is -2.15. The quantitative estimate of drug-likeness (QED) is 0.773. The second-order valence-corrected chi connectivity index (χ2v) is 5.24. The van der Waals surface area contributed by atoms with E-state index in [-0.39, 0.29) is 12.0 Å². The first-order valence-electron chi connectivity index (χ1n) is 7.47. The molecule has 1 amide bonds. The maximum absolute atomic E-state index is 11.9. The second-order valence-electron chi connectivity index (χ2n) is 5.24. The van der Waals surface area contributed by atoms with Gasteiger partial charge in [0.1, 0.15) is 11.9 Å². The topological polar surface area (TPSA) is 64.4 Å². The molecular weight excluding hydrogens is 276 g/mol. The Morgan fingerprint density at radius 1 is 1.14 bits per heavy atom. The van der Waals surface area contributed by atoms with Crippen LogP contribution in [-0.4, -0.2) is 18.6 Å². The summed E-state index contributed by atoms with van der Waals surface area (Å²) >= 11 is 0. The van der Waals surface area contributed by atoms with Crippen LogP contribution in [0.1, 0.15) is 18.9 Å². The summed E-state index contributed by atoms with van der Waals surface area (Å²) in [6.45, 7) is 2.42.